The van der Waals surface area contributed by atoms with Gasteiger partial charge in [0.25, 0.3) is 0 Å². The van der Waals surface area contributed by atoms with Gasteiger partial charge in [0, 0.05) is 11.6 Å². The third-order valence-corrected chi connectivity index (χ3v) is 5.95. The van der Waals surface area contributed by atoms with Gasteiger partial charge in [0.05, 0.1) is 11.3 Å². The molecule has 1 aromatic carbocycles. The average molecular weight is 372 g/mol. The lowest BCUT2D eigenvalue weighted by Gasteiger charge is -2.18. The predicted octanol–water partition coefficient (Wildman–Crippen LogP) is 6.13. The maximum absolute atomic E-state index is 10.0. The summed E-state index contributed by atoms with van der Waals surface area (Å²) in [5, 5.41) is 9.85. The van der Waals surface area contributed by atoms with Gasteiger partial charge in [0.1, 0.15) is 6.29 Å². The van der Waals surface area contributed by atoms with E-state index in [1.165, 1.54) is 38.5 Å². The van der Waals surface area contributed by atoms with Gasteiger partial charge >= 0.3 is 0 Å². The van der Waals surface area contributed by atoms with Crippen LogP contribution in [-0.2, 0) is 10.4 Å². The van der Waals surface area contributed by atoms with Crippen molar-refractivity contribution in [2.45, 2.75) is 85.7 Å². The van der Waals surface area contributed by atoms with Gasteiger partial charge in [-0.1, -0.05) is 38.3 Å². The van der Waals surface area contributed by atoms with E-state index in [0.29, 0.717) is 11.3 Å². The van der Waals surface area contributed by atoms with Crippen LogP contribution in [0.4, 0.5) is 5.69 Å². The van der Waals surface area contributed by atoms with Crippen LogP contribution >= 0.6 is 0 Å². The van der Waals surface area contributed by atoms with Crippen molar-refractivity contribution in [3.8, 4) is 0 Å². The zero-order valence-electron chi connectivity index (χ0n) is 18.0. The first kappa shape index (κ1) is 21.8. The first-order chi connectivity index (χ1) is 12.6. The number of nitrogens with zero attached hydrogens (tertiary/aromatic N) is 1. The maximum atomic E-state index is 10.0. The van der Waals surface area contributed by atoms with Crippen molar-refractivity contribution in [1.29, 1.82) is 0 Å². The Bertz CT molecular complexity index is 672. The largest absolute Gasteiger partial charge is 0.386 e. The van der Waals surface area contributed by atoms with Crippen molar-refractivity contribution in [1.82, 2.24) is 0 Å². The second kappa shape index (κ2) is 8.68. The van der Waals surface area contributed by atoms with E-state index >= 15 is 0 Å². The summed E-state index contributed by atoms with van der Waals surface area (Å²) in [5.41, 5.74) is 3.84. The number of benzene rings is 1. The Morgan fingerprint density at radius 2 is 1.85 bits per heavy atom. The second-order valence-corrected chi connectivity index (χ2v) is 9.46. The summed E-state index contributed by atoms with van der Waals surface area (Å²) in [6, 6.07) is 5.87. The summed E-state index contributed by atoms with van der Waals surface area (Å²) >= 11 is 0. The minimum absolute atomic E-state index is 0.479. The molecule has 3 fully saturated rings. The number of carbonyl (C=O) groups excluding carboxylic acids is 1. The molecule has 0 aromatic heterocycles. The fourth-order valence-corrected chi connectivity index (χ4v) is 3.32. The lowest BCUT2D eigenvalue weighted by Crippen LogP contribution is -2.15. The summed E-state index contributed by atoms with van der Waals surface area (Å²) in [4.78, 5) is 14.4. The number of aliphatic hydroxyl groups is 1. The van der Waals surface area contributed by atoms with Crippen LogP contribution in [0.25, 0.3) is 0 Å². The fourth-order valence-electron chi connectivity index (χ4n) is 3.32. The molecule has 1 unspecified atom stereocenters. The Morgan fingerprint density at radius 3 is 2.11 bits per heavy atom. The molecule has 3 heteroatoms. The van der Waals surface area contributed by atoms with Gasteiger partial charge in [-0.2, -0.15) is 0 Å². The van der Waals surface area contributed by atoms with Gasteiger partial charge in [-0.25, -0.2) is 0 Å². The topological polar surface area (TPSA) is 49.7 Å². The molecule has 1 spiro atoms. The Labute approximate surface area is 165 Å². The quantitative estimate of drug-likeness (QED) is 0.513. The van der Waals surface area contributed by atoms with Crippen molar-refractivity contribution in [3.05, 3.63) is 29.3 Å². The number of carbonyl (C=O) groups is 1. The van der Waals surface area contributed by atoms with Crippen molar-refractivity contribution >= 4 is 17.7 Å². The van der Waals surface area contributed by atoms with Crippen LogP contribution in [0.15, 0.2) is 23.2 Å². The molecule has 3 aliphatic carbocycles. The molecular formula is C24H37NO2. The van der Waals surface area contributed by atoms with Crippen LogP contribution in [0.3, 0.4) is 0 Å². The van der Waals surface area contributed by atoms with Crippen molar-refractivity contribution < 1.29 is 9.90 Å². The van der Waals surface area contributed by atoms with Crippen LogP contribution in [0.5, 0.6) is 0 Å². The molecule has 3 nitrogen and oxygen atoms in total. The highest BCUT2D eigenvalue weighted by Gasteiger charge is 2.62. The number of hydrogen-bond donors (Lipinski definition) is 1. The number of hydrogen-bond acceptors (Lipinski definition) is 3. The lowest BCUT2D eigenvalue weighted by molar-refractivity contribution is -0.109. The smallest absolute Gasteiger partial charge is 0.123 e. The Morgan fingerprint density at radius 1 is 1.26 bits per heavy atom. The second-order valence-electron chi connectivity index (χ2n) is 9.46. The highest BCUT2D eigenvalue weighted by atomic mass is 16.3. The predicted molar refractivity (Wildman–Crippen MR) is 114 cm³/mol. The van der Waals surface area contributed by atoms with Crippen LogP contribution in [0, 0.1) is 24.2 Å². The molecule has 3 saturated carbocycles. The molecule has 4 rings (SSSR count). The Hall–Kier alpha value is -1.48. The van der Waals surface area contributed by atoms with Gasteiger partial charge in [0.15, 0.2) is 0 Å². The number of rotatable bonds is 3. The highest BCUT2D eigenvalue weighted by Crippen LogP contribution is 2.69. The molecule has 3 aliphatic rings. The molecule has 27 heavy (non-hydrogen) atoms. The van der Waals surface area contributed by atoms with E-state index in [1.807, 2.05) is 39.0 Å². The van der Waals surface area contributed by atoms with E-state index in [4.69, 9.17) is 0 Å². The number of aliphatic imine (C=N–C) groups is 1. The summed E-state index contributed by atoms with van der Waals surface area (Å²) in [6.07, 6.45) is 9.44. The molecule has 0 aliphatic heterocycles. The minimum atomic E-state index is -0.783. The molecule has 0 amide bonds. The summed E-state index contributed by atoms with van der Waals surface area (Å²) in [7, 11) is 0. The number of aryl methyl sites for hydroxylation is 1. The molecule has 0 radical (unpaired) electrons. The van der Waals surface area contributed by atoms with E-state index < -0.39 is 5.60 Å². The standard InChI is InChI=1S/C13H19NO.C6H8O.C5H10/c1-9(2)14-12-7-6-11(8-10(12)3)13(4,5)15;7-4-5-3-6(5)1-2-6;1-5-3-2-4-5/h6-8,15H,1-5H3;4-5H,1-3H2;5H,2-4H2,1H3. The SMILES string of the molecule is CC(C)=Nc1ccc(C(C)(C)O)cc1C.CC1CCC1.O=CC1CC12CC2. The van der Waals surface area contributed by atoms with Crippen molar-refractivity contribution in [2.24, 2.45) is 22.2 Å². The molecule has 150 valence electrons. The molecule has 1 N–H and O–H groups in total. The lowest BCUT2D eigenvalue weighted by atomic mass is 9.88. The van der Waals surface area contributed by atoms with E-state index in [9.17, 15) is 9.90 Å². The first-order valence-electron chi connectivity index (χ1n) is 10.4. The Balaban J connectivity index is 0.000000175. The van der Waals surface area contributed by atoms with Gasteiger partial charge in [0.2, 0.25) is 0 Å². The van der Waals surface area contributed by atoms with E-state index in [1.54, 1.807) is 13.8 Å². The summed E-state index contributed by atoms with van der Waals surface area (Å²) in [5.74, 6) is 1.54. The molecule has 0 bridgehead atoms. The Kier molecular flexibility index (Phi) is 7.02. The van der Waals surface area contributed by atoms with Crippen LogP contribution in [0.2, 0.25) is 0 Å². The minimum Gasteiger partial charge on any atom is -0.386 e. The average Bonchev–Trinajstić information content (AvgIpc) is 3.47. The van der Waals surface area contributed by atoms with Crippen LogP contribution in [-0.4, -0.2) is 17.1 Å². The van der Waals surface area contributed by atoms with Gasteiger partial charge in [-0.15, -0.1) is 0 Å². The molecule has 1 aromatic rings. The first-order valence-corrected chi connectivity index (χ1v) is 10.4. The summed E-state index contributed by atoms with van der Waals surface area (Å²) < 4.78 is 0. The third kappa shape index (κ3) is 6.57. The third-order valence-electron chi connectivity index (χ3n) is 5.95. The molecule has 0 heterocycles. The molecule has 0 saturated heterocycles. The van der Waals surface area contributed by atoms with Gasteiger partial charge in [-0.3, -0.25) is 4.99 Å². The zero-order chi connectivity index (χ0) is 20.2. The van der Waals surface area contributed by atoms with Crippen LogP contribution < -0.4 is 0 Å². The van der Waals surface area contributed by atoms with Gasteiger partial charge in [-0.05, 0) is 82.4 Å². The molecular weight excluding hydrogens is 334 g/mol. The normalized spacial score (nSPS) is 21.7. The summed E-state index contributed by atoms with van der Waals surface area (Å²) in [6.45, 7) is 11.8. The van der Waals surface area contributed by atoms with Gasteiger partial charge < -0.3 is 9.90 Å². The highest BCUT2D eigenvalue weighted by molar-refractivity contribution is 5.82. The van der Waals surface area contributed by atoms with Crippen molar-refractivity contribution in [2.75, 3.05) is 0 Å². The zero-order valence-corrected chi connectivity index (χ0v) is 18.0. The maximum Gasteiger partial charge on any atom is 0.123 e. The van der Waals surface area contributed by atoms with E-state index in [0.717, 1.165) is 34.7 Å². The van der Waals surface area contributed by atoms with E-state index in [2.05, 4.69) is 11.9 Å². The fraction of sp³-hybridized carbons (Fsp3) is 0.667. The number of aldehydes is 1. The molecule has 1 atom stereocenters. The monoisotopic (exact) mass is 371 g/mol. The van der Waals surface area contributed by atoms with Crippen LogP contribution in [0.1, 0.15) is 84.3 Å². The van der Waals surface area contributed by atoms with E-state index in [-0.39, 0.29) is 0 Å². The van der Waals surface area contributed by atoms with Crippen molar-refractivity contribution in [3.63, 3.8) is 0 Å².